The molecule has 1 atom stereocenters. The van der Waals surface area contributed by atoms with Crippen molar-refractivity contribution < 1.29 is 9.53 Å². The van der Waals surface area contributed by atoms with Crippen LogP contribution in [0.2, 0.25) is 0 Å². The van der Waals surface area contributed by atoms with Gasteiger partial charge in [0.05, 0.1) is 24.7 Å². The first-order valence-corrected chi connectivity index (χ1v) is 7.42. The molecule has 4 nitrogen and oxygen atoms in total. The van der Waals surface area contributed by atoms with Crippen molar-refractivity contribution in [3.63, 3.8) is 0 Å². The Morgan fingerprint density at radius 1 is 1.92 bits per heavy atom. The van der Waals surface area contributed by atoms with E-state index < -0.39 is 0 Å². The highest BCUT2D eigenvalue weighted by Crippen LogP contribution is 2.22. The number of hydrogen-bond donors (Lipinski definition) is 0. The lowest BCUT2D eigenvalue weighted by Gasteiger charge is -1.96. The van der Waals surface area contributed by atoms with Gasteiger partial charge in [-0.15, -0.1) is 0 Å². The fourth-order valence-corrected chi connectivity index (χ4v) is 1.77. The molecule has 0 aliphatic carbocycles. The van der Waals surface area contributed by atoms with E-state index in [4.69, 9.17) is 4.74 Å². The quantitative estimate of drug-likeness (QED) is 0.486. The second-order valence-corrected chi connectivity index (χ2v) is 4.05. The zero-order valence-corrected chi connectivity index (χ0v) is 9.61. The second kappa shape index (κ2) is 4.77. The zero-order chi connectivity index (χ0) is 8.97. The molecule has 0 saturated carbocycles. The summed E-state index contributed by atoms with van der Waals surface area (Å²) in [6, 6.07) is 0. The third-order valence-electron chi connectivity index (χ3n) is 1.18. The molecule has 1 unspecified atom stereocenters. The number of carbonyl (C=O) groups excluding carboxylic acids is 1. The summed E-state index contributed by atoms with van der Waals surface area (Å²) in [4.78, 5) is 11.1. The minimum Gasteiger partial charge on any atom is -0.462 e. The molecule has 1 aromatic rings. The van der Waals surface area contributed by atoms with E-state index in [-0.39, 0.29) is 5.97 Å². The lowest BCUT2D eigenvalue weighted by molar-refractivity contribution is 0.0526. The van der Waals surface area contributed by atoms with Crippen LogP contribution in [0.3, 0.4) is 0 Å². The van der Waals surface area contributed by atoms with E-state index in [1.54, 1.807) is 17.6 Å². The maximum atomic E-state index is 11.1. The van der Waals surface area contributed by atoms with Gasteiger partial charge < -0.3 is 4.74 Å². The van der Waals surface area contributed by atoms with E-state index in [9.17, 15) is 4.79 Å². The van der Waals surface area contributed by atoms with Crippen LogP contribution in [0.5, 0.6) is 0 Å². The predicted molar refractivity (Wildman–Crippen MR) is 55.9 cm³/mol. The number of hydrogen-bond acceptors (Lipinski definition) is 3. The van der Waals surface area contributed by atoms with E-state index in [2.05, 4.69) is 27.1 Å². The Morgan fingerprint density at radius 3 is 3.17 bits per heavy atom. The van der Waals surface area contributed by atoms with Gasteiger partial charge in [-0.3, -0.25) is 0 Å². The molecule has 12 heavy (non-hydrogen) atoms. The van der Waals surface area contributed by atoms with Crippen molar-refractivity contribution in [2.24, 2.45) is 0 Å². The molecule has 0 fully saturated rings. The van der Waals surface area contributed by atoms with Gasteiger partial charge in [0.1, 0.15) is 0 Å². The molecule has 0 aromatic carbocycles. The molecule has 0 amide bonds. The van der Waals surface area contributed by atoms with Crippen molar-refractivity contribution in [2.45, 2.75) is 6.92 Å². The lowest BCUT2D eigenvalue weighted by Crippen LogP contribution is -2.02. The number of ether oxygens (including phenoxy) is 1. The first-order chi connectivity index (χ1) is 5.77. The summed E-state index contributed by atoms with van der Waals surface area (Å²) in [5, 5.41) is 3.96. The summed E-state index contributed by atoms with van der Waals surface area (Å²) >= 11 is 2.19. The molecule has 66 valence electrons. The largest absolute Gasteiger partial charge is 0.462 e. The highest BCUT2D eigenvalue weighted by molar-refractivity contribution is 14.2. The molecule has 0 aliphatic heterocycles. The average molecular weight is 298 g/mol. The van der Waals surface area contributed by atoms with Gasteiger partial charge in [-0.2, -0.15) is 5.10 Å². The van der Waals surface area contributed by atoms with Crippen LogP contribution >= 0.6 is 28.4 Å². The van der Waals surface area contributed by atoms with Crippen molar-refractivity contribution in [3.8, 4) is 0 Å². The highest BCUT2D eigenvalue weighted by Gasteiger charge is 2.07. The van der Waals surface area contributed by atoms with Gasteiger partial charge in [-0.25, -0.2) is 9.25 Å². The van der Waals surface area contributed by atoms with Crippen LogP contribution in [0.1, 0.15) is 17.3 Å². The molecule has 0 spiro atoms. The highest BCUT2D eigenvalue weighted by atomic mass is 127. The predicted octanol–water partition coefficient (Wildman–Crippen LogP) is 1.85. The van der Waals surface area contributed by atoms with E-state index in [0.29, 0.717) is 18.5 Å². The van der Waals surface area contributed by atoms with Crippen molar-refractivity contribution in [1.82, 2.24) is 9.55 Å². The van der Waals surface area contributed by atoms with Crippen molar-refractivity contribution in [3.05, 3.63) is 18.0 Å². The van der Waals surface area contributed by atoms with Crippen molar-refractivity contribution >= 4 is 34.4 Å². The van der Waals surface area contributed by atoms with Crippen molar-refractivity contribution in [2.75, 3.05) is 6.61 Å². The topological polar surface area (TPSA) is 44.1 Å². The normalized spacial score (nSPS) is 10.8. The molecule has 1 heterocycles. The minimum atomic E-state index is -0.307. The fraction of sp³-hybridized carbons (Fsp3) is 0.333. The standard InChI is InChI=1S/C6H8IN2O2P/c1-2-11-6(10)5-3-8-9(4-5)12-7/h3-4,12H,2H2,1H3. The maximum Gasteiger partial charge on any atom is 0.341 e. The maximum absolute atomic E-state index is 11.1. The Morgan fingerprint density at radius 2 is 2.67 bits per heavy atom. The Bertz CT molecular complexity index is 276. The van der Waals surface area contributed by atoms with Crippen LogP contribution in [0.25, 0.3) is 0 Å². The zero-order valence-electron chi connectivity index (χ0n) is 6.45. The van der Waals surface area contributed by atoms with Crippen LogP contribution in [-0.4, -0.2) is 22.1 Å². The number of carbonyl (C=O) groups is 1. The summed E-state index contributed by atoms with van der Waals surface area (Å²) in [5.41, 5.74) is 0.515. The summed E-state index contributed by atoms with van der Waals surface area (Å²) in [5.74, 6) is -0.307. The Labute approximate surface area is 85.0 Å². The molecule has 6 heteroatoms. The summed E-state index contributed by atoms with van der Waals surface area (Å²) in [6.45, 7) is 2.18. The van der Waals surface area contributed by atoms with Gasteiger partial charge in [0.15, 0.2) is 0 Å². The lowest BCUT2D eigenvalue weighted by atomic mass is 10.4. The summed E-state index contributed by atoms with van der Waals surface area (Å²) in [7, 11) is 0. The van der Waals surface area contributed by atoms with Crippen LogP contribution in [0.15, 0.2) is 12.4 Å². The fourth-order valence-electron chi connectivity index (χ4n) is 0.689. The third kappa shape index (κ3) is 2.42. The number of halogens is 1. The molecule has 0 radical (unpaired) electrons. The monoisotopic (exact) mass is 298 g/mol. The van der Waals surface area contributed by atoms with E-state index in [1.807, 2.05) is 0 Å². The molecule has 1 rings (SSSR count). The number of nitrogens with zero attached hydrogens (tertiary/aromatic N) is 2. The number of rotatable bonds is 3. The van der Waals surface area contributed by atoms with E-state index >= 15 is 0 Å². The molecule has 0 saturated heterocycles. The van der Waals surface area contributed by atoms with Gasteiger partial charge in [-0.05, 0) is 29.0 Å². The average Bonchev–Trinajstić information content (AvgIpc) is 2.52. The molecular formula is C6H8IN2O2P. The molecule has 0 bridgehead atoms. The van der Waals surface area contributed by atoms with Crippen molar-refractivity contribution in [1.29, 1.82) is 0 Å². The first-order valence-electron chi connectivity index (χ1n) is 3.36. The molecule has 0 aliphatic rings. The molecule has 0 N–H and O–H groups in total. The minimum absolute atomic E-state index is 0.307. The summed E-state index contributed by atoms with van der Waals surface area (Å²) in [6.07, 6.45) is 3.71. The smallest absolute Gasteiger partial charge is 0.341 e. The molecule has 1 aromatic heterocycles. The number of esters is 1. The second-order valence-electron chi connectivity index (χ2n) is 1.98. The van der Waals surface area contributed by atoms with Crippen LogP contribution in [0, 0.1) is 0 Å². The van der Waals surface area contributed by atoms with Gasteiger partial charge in [0, 0.05) is 6.20 Å². The number of aromatic nitrogens is 2. The first kappa shape index (κ1) is 9.92. The SMILES string of the molecule is CCOC(=O)c1cnn(PI)c1. The van der Waals surface area contributed by atoms with Crippen LogP contribution in [-0.2, 0) is 4.74 Å². The van der Waals surface area contributed by atoms with E-state index in [0.717, 1.165) is 0 Å². The Balaban J connectivity index is 2.68. The van der Waals surface area contributed by atoms with Gasteiger partial charge in [-0.1, -0.05) is 0 Å². The van der Waals surface area contributed by atoms with Gasteiger partial charge in [0.25, 0.3) is 0 Å². The van der Waals surface area contributed by atoms with E-state index in [1.165, 1.54) is 6.20 Å². The summed E-state index contributed by atoms with van der Waals surface area (Å²) < 4.78 is 6.50. The van der Waals surface area contributed by atoms with Crippen LogP contribution < -0.4 is 0 Å². The van der Waals surface area contributed by atoms with Gasteiger partial charge in [0.2, 0.25) is 0 Å². The van der Waals surface area contributed by atoms with Gasteiger partial charge >= 0.3 is 5.97 Å². The molecular weight excluding hydrogens is 290 g/mol. The Hall–Kier alpha value is -0.160. The Kier molecular flexibility index (Phi) is 3.94. The van der Waals surface area contributed by atoms with Crippen LogP contribution in [0.4, 0.5) is 0 Å². The third-order valence-corrected chi connectivity index (χ3v) is 3.08.